The first kappa shape index (κ1) is 18.0. The second-order valence-electron chi connectivity index (χ2n) is 6.00. The van der Waals surface area contributed by atoms with E-state index < -0.39 is 5.97 Å². The average Bonchev–Trinajstić information content (AvgIpc) is 2.58. The van der Waals surface area contributed by atoms with E-state index in [1.165, 1.54) is 19.4 Å². The molecule has 6 heteroatoms. The van der Waals surface area contributed by atoms with Gasteiger partial charge in [-0.05, 0) is 31.0 Å². The molecule has 0 bridgehead atoms. The minimum absolute atomic E-state index is 0.0841. The number of carbonyl (C=O) groups is 3. The third kappa shape index (κ3) is 5.68. The number of carbonyl (C=O) groups excluding carboxylic acids is 3. The van der Waals surface area contributed by atoms with E-state index in [9.17, 15) is 14.4 Å². The number of esters is 1. The SMILES string of the molecule is CC(=O)Oc1cccc(C(=O)NCCNC(=O)C2CCCCC2)c1. The number of benzene rings is 1. The quantitative estimate of drug-likeness (QED) is 0.474. The summed E-state index contributed by atoms with van der Waals surface area (Å²) in [4.78, 5) is 35.0. The summed E-state index contributed by atoms with van der Waals surface area (Å²) in [5.74, 6) is -0.162. The number of hydrogen-bond acceptors (Lipinski definition) is 4. The Hall–Kier alpha value is -2.37. The highest BCUT2D eigenvalue weighted by Gasteiger charge is 2.20. The third-order valence-corrected chi connectivity index (χ3v) is 4.04. The summed E-state index contributed by atoms with van der Waals surface area (Å²) in [5, 5.41) is 5.62. The maximum atomic E-state index is 12.1. The molecule has 1 saturated carbocycles. The lowest BCUT2D eigenvalue weighted by Gasteiger charge is -2.20. The maximum Gasteiger partial charge on any atom is 0.308 e. The van der Waals surface area contributed by atoms with Gasteiger partial charge in [-0.2, -0.15) is 0 Å². The summed E-state index contributed by atoms with van der Waals surface area (Å²) >= 11 is 0. The van der Waals surface area contributed by atoms with Crippen molar-refractivity contribution >= 4 is 17.8 Å². The number of ether oxygens (including phenoxy) is 1. The van der Waals surface area contributed by atoms with Crippen molar-refractivity contribution in [2.45, 2.75) is 39.0 Å². The van der Waals surface area contributed by atoms with E-state index in [2.05, 4.69) is 10.6 Å². The van der Waals surface area contributed by atoms with E-state index in [4.69, 9.17) is 4.74 Å². The van der Waals surface area contributed by atoms with Crippen LogP contribution in [0.25, 0.3) is 0 Å². The lowest BCUT2D eigenvalue weighted by Crippen LogP contribution is -2.38. The smallest absolute Gasteiger partial charge is 0.308 e. The molecule has 0 atom stereocenters. The molecule has 0 aromatic heterocycles. The van der Waals surface area contributed by atoms with Crippen molar-refractivity contribution in [1.82, 2.24) is 10.6 Å². The molecule has 0 unspecified atom stereocenters. The molecule has 1 fully saturated rings. The van der Waals surface area contributed by atoms with E-state index in [0.29, 0.717) is 24.4 Å². The molecule has 0 aliphatic heterocycles. The van der Waals surface area contributed by atoms with Gasteiger partial charge in [-0.15, -0.1) is 0 Å². The molecule has 6 nitrogen and oxygen atoms in total. The maximum absolute atomic E-state index is 12.1. The van der Waals surface area contributed by atoms with Gasteiger partial charge in [0.05, 0.1) is 0 Å². The third-order valence-electron chi connectivity index (χ3n) is 4.04. The van der Waals surface area contributed by atoms with Gasteiger partial charge in [0.2, 0.25) is 5.91 Å². The van der Waals surface area contributed by atoms with E-state index in [1.54, 1.807) is 18.2 Å². The van der Waals surface area contributed by atoms with Crippen molar-refractivity contribution in [1.29, 1.82) is 0 Å². The summed E-state index contributed by atoms with van der Waals surface area (Å²) in [7, 11) is 0. The molecule has 1 aromatic carbocycles. The van der Waals surface area contributed by atoms with E-state index in [0.717, 1.165) is 25.7 Å². The Balaban J connectivity index is 1.73. The highest BCUT2D eigenvalue weighted by molar-refractivity contribution is 5.94. The summed E-state index contributed by atoms with van der Waals surface area (Å²) in [5.41, 5.74) is 0.410. The van der Waals surface area contributed by atoms with E-state index in [-0.39, 0.29) is 17.7 Å². The number of amides is 2. The fraction of sp³-hybridized carbons (Fsp3) is 0.500. The molecule has 0 radical (unpaired) electrons. The van der Waals surface area contributed by atoms with Gasteiger partial charge in [0.25, 0.3) is 5.91 Å². The fourth-order valence-electron chi connectivity index (χ4n) is 2.84. The molecule has 130 valence electrons. The summed E-state index contributed by atoms with van der Waals surface area (Å²) in [6.45, 7) is 2.07. The average molecular weight is 332 g/mol. The molecular weight excluding hydrogens is 308 g/mol. The molecule has 2 amide bonds. The predicted molar refractivity (Wildman–Crippen MR) is 89.7 cm³/mol. The lowest BCUT2D eigenvalue weighted by molar-refractivity contribution is -0.132. The second-order valence-corrected chi connectivity index (χ2v) is 6.00. The Kier molecular flexibility index (Phi) is 6.78. The van der Waals surface area contributed by atoms with E-state index in [1.807, 2.05) is 0 Å². The van der Waals surface area contributed by atoms with Crippen molar-refractivity contribution in [3.63, 3.8) is 0 Å². The van der Waals surface area contributed by atoms with Gasteiger partial charge in [-0.1, -0.05) is 25.3 Å². The van der Waals surface area contributed by atoms with Crippen molar-refractivity contribution in [3.05, 3.63) is 29.8 Å². The Morgan fingerprint density at radius 3 is 2.50 bits per heavy atom. The zero-order valence-electron chi connectivity index (χ0n) is 14.0. The molecule has 0 saturated heterocycles. The van der Waals surface area contributed by atoms with Crippen LogP contribution in [0.15, 0.2) is 24.3 Å². The van der Waals surface area contributed by atoms with Crippen LogP contribution in [0.1, 0.15) is 49.4 Å². The Bertz CT molecular complexity index is 594. The van der Waals surface area contributed by atoms with Crippen LogP contribution in [-0.4, -0.2) is 30.9 Å². The summed E-state index contributed by atoms with van der Waals surface area (Å²) in [6.07, 6.45) is 5.37. The lowest BCUT2D eigenvalue weighted by atomic mass is 9.89. The predicted octanol–water partition coefficient (Wildman–Crippen LogP) is 2.04. The standard InChI is InChI=1S/C18H24N2O4/c1-13(21)24-16-9-5-8-15(12-16)18(23)20-11-10-19-17(22)14-6-3-2-4-7-14/h5,8-9,12,14H,2-4,6-7,10-11H2,1H3,(H,19,22)(H,20,23). The first-order valence-electron chi connectivity index (χ1n) is 8.40. The van der Waals surface area contributed by atoms with Crippen molar-refractivity contribution < 1.29 is 19.1 Å². The van der Waals surface area contributed by atoms with Crippen LogP contribution in [0.3, 0.4) is 0 Å². The van der Waals surface area contributed by atoms with Crippen LogP contribution in [0.2, 0.25) is 0 Å². The van der Waals surface area contributed by atoms with Crippen LogP contribution >= 0.6 is 0 Å². The molecule has 1 aliphatic carbocycles. The molecule has 24 heavy (non-hydrogen) atoms. The first-order chi connectivity index (χ1) is 11.6. The largest absolute Gasteiger partial charge is 0.427 e. The summed E-state index contributed by atoms with van der Waals surface area (Å²) in [6, 6.07) is 6.42. The van der Waals surface area contributed by atoms with Gasteiger partial charge in [0, 0.05) is 31.5 Å². The van der Waals surface area contributed by atoms with Gasteiger partial charge < -0.3 is 15.4 Å². The highest BCUT2D eigenvalue weighted by Crippen LogP contribution is 2.23. The van der Waals surface area contributed by atoms with Crippen LogP contribution < -0.4 is 15.4 Å². The molecule has 0 heterocycles. The Morgan fingerprint density at radius 2 is 1.79 bits per heavy atom. The minimum atomic E-state index is -0.432. The fourth-order valence-corrected chi connectivity index (χ4v) is 2.84. The molecule has 1 aliphatic rings. The minimum Gasteiger partial charge on any atom is -0.427 e. The van der Waals surface area contributed by atoms with Gasteiger partial charge in [0.15, 0.2) is 0 Å². The van der Waals surface area contributed by atoms with Gasteiger partial charge in [-0.25, -0.2) is 0 Å². The molecule has 2 rings (SSSR count). The van der Waals surface area contributed by atoms with Crippen molar-refractivity contribution in [2.24, 2.45) is 5.92 Å². The normalized spacial score (nSPS) is 14.7. The van der Waals surface area contributed by atoms with Crippen LogP contribution in [-0.2, 0) is 9.59 Å². The van der Waals surface area contributed by atoms with Gasteiger partial charge in [-0.3, -0.25) is 14.4 Å². The molecule has 0 spiro atoms. The van der Waals surface area contributed by atoms with Crippen molar-refractivity contribution in [2.75, 3.05) is 13.1 Å². The Labute approximate surface area is 142 Å². The topological polar surface area (TPSA) is 84.5 Å². The number of nitrogens with one attached hydrogen (secondary N) is 2. The van der Waals surface area contributed by atoms with Gasteiger partial charge >= 0.3 is 5.97 Å². The zero-order valence-corrected chi connectivity index (χ0v) is 14.0. The monoisotopic (exact) mass is 332 g/mol. The van der Waals surface area contributed by atoms with Crippen molar-refractivity contribution in [3.8, 4) is 5.75 Å². The Morgan fingerprint density at radius 1 is 1.08 bits per heavy atom. The van der Waals surface area contributed by atoms with E-state index >= 15 is 0 Å². The van der Waals surface area contributed by atoms with Crippen LogP contribution in [0.4, 0.5) is 0 Å². The highest BCUT2D eigenvalue weighted by atomic mass is 16.5. The number of hydrogen-bond donors (Lipinski definition) is 2. The zero-order chi connectivity index (χ0) is 17.4. The van der Waals surface area contributed by atoms with Crippen LogP contribution in [0.5, 0.6) is 5.75 Å². The molecular formula is C18H24N2O4. The summed E-state index contributed by atoms with van der Waals surface area (Å²) < 4.78 is 4.95. The number of rotatable bonds is 6. The first-order valence-corrected chi connectivity index (χ1v) is 8.40. The van der Waals surface area contributed by atoms with Gasteiger partial charge in [0.1, 0.15) is 5.75 Å². The second kappa shape index (κ2) is 9.05. The molecule has 2 N–H and O–H groups in total. The van der Waals surface area contributed by atoms with Crippen LogP contribution in [0, 0.1) is 5.92 Å². The molecule has 1 aromatic rings.